The van der Waals surface area contributed by atoms with Crippen molar-refractivity contribution in [3.8, 4) is 11.5 Å². The molecule has 3 N–H and O–H groups in total. The van der Waals surface area contributed by atoms with E-state index in [-0.39, 0.29) is 43.8 Å². The van der Waals surface area contributed by atoms with Crippen LogP contribution in [0.4, 0.5) is 5.00 Å². The largest absolute Gasteiger partial charge is 0.478 e. The van der Waals surface area contributed by atoms with Gasteiger partial charge in [0.1, 0.15) is 9.88 Å². The number of carbonyl (C=O) groups is 3. The highest BCUT2D eigenvalue weighted by Gasteiger charge is 2.31. The number of anilines is 1. The molecule has 0 saturated carbocycles. The maximum absolute atomic E-state index is 12.5. The third-order valence-electron chi connectivity index (χ3n) is 4.66. The summed E-state index contributed by atoms with van der Waals surface area (Å²) in [6.45, 7) is 3.73. The molecule has 0 aliphatic carbocycles. The van der Waals surface area contributed by atoms with Crippen molar-refractivity contribution >= 4 is 45.9 Å². The van der Waals surface area contributed by atoms with Crippen molar-refractivity contribution in [1.82, 2.24) is 15.2 Å². The smallest absolute Gasteiger partial charge is 0.346 e. The monoisotopic (exact) mass is 476 g/mol. The van der Waals surface area contributed by atoms with Gasteiger partial charge in [0.15, 0.2) is 0 Å². The van der Waals surface area contributed by atoms with E-state index < -0.39 is 17.8 Å². The van der Waals surface area contributed by atoms with Crippen LogP contribution in [0, 0.1) is 0 Å². The molecule has 0 unspecified atom stereocenters. The van der Waals surface area contributed by atoms with Crippen molar-refractivity contribution in [2.75, 3.05) is 11.1 Å². The zero-order valence-electron chi connectivity index (χ0n) is 17.2. The first-order valence-electron chi connectivity index (χ1n) is 9.65. The second-order valence-corrected chi connectivity index (χ2v) is 8.57. The summed E-state index contributed by atoms with van der Waals surface area (Å²) in [5, 5.41) is 29.8. The summed E-state index contributed by atoms with van der Waals surface area (Å²) < 4.78 is 5.51. The second kappa shape index (κ2) is 10.4. The minimum atomic E-state index is -1.28. The fraction of sp³-hybridized carbons (Fsp3) is 0.300. The van der Waals surface area contributed by atoms with Crippen LogP contribution >= 0.6 is 23.1 Å². The van der Waals surface area contributed by atoms with Gasteiger partial charge in [-0.05, 0) is 36.5 Å². The van der Waals surface area contributed by atoms with Crippen LogP contribution in [0.2, 0.25) is 0 Å². The maximum Gasteiger partial charge on any atom is 0.346 e. The topological polar surface area (TPSA) is 156 Å². The SMILES string of the molecule is CCC(CC)c1c(C(=O)O)sc(NC(=O)CSc2nnc(-c3ccncc3)o2)c1C(=O)O. The number of hydrogen-bond donors (Lipinski definition) is 3. The van der Waals surface area contributed by atoms with Crippen LogP contribution < -0.4 is 5.32 Å². The molecule has 0 aliphatic heterocycles. The molecule has 3 aromatic heterocycles. The Morgan fingerprint density at radius 3 is 2.41 bits per heavy atom. The number of carboxylic acid groups (broad SMARTS) is 2. The van der Waals surface area contributed by atoms with Crippen LogP contribution in [-0.4, -0.2) is 49.0 Å². The van der Waals surface area contributed by atoms with E-state index in [4.69, 9.17) is 4.42 Å². The van der Waals surface area contributed by atoms with Gasteiger partial charge in [0.2, 0.25) is 11.8 Å². The lowest BCUT2D eigenvalue weighted by atomic mass is 9.90. The predicted octanol–water partition coefficient (Wildman–Crippen LogP) is 4.22. The highest BCUT2D eigenvalue weighted by Crippen LogP contribution is 2.40. The van der Waals surface area contributed by atoms with E-state index in [0.29, 0.717) is 18.4 Å². The number of aromatic carboxylic acids is 2. The number of hydrogen-bond acceptors (Lipinski definition) is 9. The number of pyridine rings is 1. The van der Waals surface area contributed by atoms with Gasteiger partial charge in [-0.25, -0.2) is 9.59 Å². The Balaban J connectivity index is 1.76. The van der Waals surface area contributed by atoms with Crippen molar-refractivity contribution in [1.29, 1.82) is 0 Å². The van der Waals surface area contributed by atoms with Crippen LogP contribution in [0.15, 0.2) is 34.2 Å². The summed E-state index contributed by atoms with van der Waals surface area (Å²) in [4.78, 5) is 40.0. The average Bonchev–Trinajstić information content (AvgIpc) is 3.39. The number of thioether (sulfide) groups is 1. The number of nitrogens with one attached hydrogen (secondary N) is 1. The van der Waals surface area contributed by atoms with Gasteiger partial charge in [0.25, 0.3) is 5.22 Å². The zero-order chi connectivity index (χ0) is 23.3. The Morgan fingerprint density at radius 2 is 1.81 bits per heavy atom. The molecule has 1 amide bonds. The summed E-state index contributed by atoms with van der Waals surface area (Å²) in [5.74, 6) is -3.11. The van der Waals surface area contributed by atoms with Crippen molar-refractivity contribution in [3.63, 3.8) is 0 Å². The van der Waals surface area contributed by atoms with Gasteiger partial charge in [0.05, 0.1) is 11.3 Å². The van der Waals surface area contributed by atoms with Gasteiger partial charge in [-0.1, -0.05) is 25.6 Å². The number of amides is 1. The molecule has 0 bridgehead atoms. The minimum absolute atomic E-state index is 0.00500. The maximum atomic E-state index is 12.5. The van der Waals surface area contributed by atoms with Gasteiger partial charge in [-0.15, -0.1) is 21.5 Å². The molecule has 3 aromatic rings. The van der Waals surface area contributed by atoms with Crippen LogP contribution in [0.25, 0.3) is 11.5 Å². The molecule has 0 radical (unpaired) electrons. The fourth-order valence-electron chi connectivity index (χ4n) is 3.16. The third-order valence-corrected chi connectivity index (χ3v) is 6.59. The molecule has 0 saturated heterocycles. The molecule has 0 spiro atoms. The number of nitrogens with zero attached hydrogens (tertiary/aromatic N) is 3. The Morgan fingerprint density at radius 1 is 1.12 bits per heavy atom. The Kier molecular flexibility index (Phi) is 7.59. The van der Waals surface area contributed by atoms with E-state index in [0.717, 1.165) is 23.1 Å². The van der Waals surface area contributed by atoms with Crippen LogP contribution in [0.1, 0.15) is 58.2 Å². The number of carbonyl (C=O) groups excluding carboxylic acids is 1. The van der Waals surface area contributed by atoms with Gasteiger partial charge >= 0.3 is 11.9 Å². The first kappa shape index (κ1) is 23.4. The van der Waals surface area contributed by atoms with Crippen molar-refractivity contribution < 1.29 is 29.0 Å². The lowest BCUT2D eigenvalue weighted by molar-refractivity contribution is -0.113. The third kappa shape index (κ3) is 5.14. The number of aromatic nitrogens is 3. The first-order chi connectivity index (χ1) is 15.3. The highest BCUT2D eigenvalue weighted by atomic mass is 32.2. The fourth-order valence-corrected chi connectivity index (χ4v) is 4.86. The predicted molar refractivity (Wildman–Crippen MR) is 118 cm³/mol. The van der Waals surface area contributed by atoms with Crippen LogP contribution in [-0.2, 0) is 4.79 Å². The molecule has 3 heterocycles. The normalized spacial score (nSPS) is 11.0. The van der Waals surface area contributed by atoms with E-state index in [9.17, 15) is 24.6 Å². The van der Waals surface area contributed by atoms with E-state index in [1.54, 1.807) is 24.5 Å². The summed E-state index contributed by atoms with van der Waals surface area (Å²) in [6.07, 6.45) is 4.33. The molecule has 0 aliphatic rings. The Labute approximate surface area is 191 Å². The Hall–Kier alpha value is -3.25. The molecule has 0 atom stereocenters. The number of thiophene rings is 1. The van der Waals surface area contributed by atoms with Gasteiger partial charge in [-0.2, -0.15) is 0 Å². The van der Waals surface area contributed by atoms with Gasteiger partial charge in [-0.3, -0.25) is 9.78 Å². The quantitative estimate of drug-likeness (QED) is 0.362. The summed E-state index contributed by atoms with van der Waals surface area (Å²) in [5.41, 5.74) is 0.766. The standard InChI is InChI=1S/C20H20N4O6S2/c1-3-10(4-2)13-14(18(26)27)17(32-15(13)19(28)29)22-12(25)9-31-20-24-23-16(30-20)11-5-7-21-8-6-11/h5-8,10H,3-4,9H2,1-2H3,(H,22,25)(H,26,27)(H,28,29). The van der Waals surface area contributed by atoms with E-state index in [1.807, 2.05) is 13.8 Å². The van der Waals surface area contributed by atoms with Gasteiger partial charge in [0, 0.05) is 18.0 Å². The highest BCUT2D eigenvalue weighted by molar-refractivity contribution is 7.99. The lowest BCUT2D eigenvalue weighted by Crippen LogP contribution is -2.16. The first-order valence-corrected chi connectivity index (χ1v) is 11.5. The van der Waals surface area contributed by atoms with Crippen molar-refractivity contribution in [2.24, 2.45) is 0 Å². The molecular formula is C20H20N4O6S2. The molecular weight excluding hydrogens is 456 g/mol. The van der Waals surface area contributed by atoms with Gasteiger partial charge < -0.3 is 19.9 Å². The average molecular weight is 477 g/mol. The molecule has 10 nitrogen and oxygen atoms in total. The Bertz CT molecular complexity index is 1120. The van der Waals surface area contributed by atoms with E-state index >= 15 is 0 Å². The molecule has 0 fully saturated rings. The molecule has 3 rings (SSSR count). The lowest BCUT2D eigenvalue weighted by Gasteiger charge is -2.14. The summed E-state index contributed by atoms with van der Waals surface area (Å²) in [6, 6.07) is 3.41. The number of rotatable bonds is 10. The zero-order valence-corrected chi connectivity index (χ0v) is 18.8. The molecule has 168 valence electrons. The second-order valence-electron chi connectivity index (χ2n) is 6.62. The van der Waals surface area contributed by atoms with Crippen molar-refractivity contribution in [2.45, 2.75) is 37.8 Å². The molecule has 32 heavy (non-hydrogen) atoms. The van der Waals surface area contributed by atoms with Crippen LogP contribution in [0.5, 0.6) is 0 Å². The van der Waals surface area contributed by atoms with Crippen molar-refractivity contribution in [3.05, 3.63) is 40.5 Å². The number of carboxylic acids is 2. The van der Waals surface area contributed by atoms with E-state index in [2.05, 4.69) is 20.5 Å². The molecule has 0 aromatic carbocycles. The summed E-state index contributed by atoms with van der Waals surface area (Å²) in [7, 11) is 0. The van der Waals surface area contributed by atoms with Crippen LogP contribution in [0.3, 0.4) is 0 Å². The summed E-state index contributed by atoms with van der Waals surface area (Å²) >= 11 is 1.74. The minimum Gasteiger partial charge on any atom is -0.478 e. The van der Waals surface area contributed by atoms with E-state index in [1.165, 1.54) is 0 Å². The molecule has 12 heteroatoms.